The molecule has 0 aromatic carbocycles. The lowest BCUT2D eigenvalue weighted by atomic mass is 10.1. The highest BCUT2D eigenvalue weighted by atomic mass is 16.6. The zero-order valence-corrected chi connectivity index (χ0v) is 10.7. The summed E-state index contributed by atoms with van der Waals surface area (Å²) in [6.07, 6.45) is 3.13. The number of aliphatic hydroxyl groups is 1. The molecule has 100 valence electrons. The van der Waals surface area contributed by atoms with Gasteiger partial charge in [-0.25, -0.2) is 4.98 Å². The Kier molecular flexibility index (Phi) is 5.51. The first-order valence-corrected chi connectivity index (χ1v) is 6.11. The quantitative estimate of drug-likeness (QED) is 0.593. The molecule has 0 saturated carbocycles. The summed E-state index contributed by atoms with van der Waals surface area (Å²) in [5, 5.41) is 19.7. The second-order valence-electron chi connectivity index (χ2n) is 4.02. The molecule has 0 aliphatic rings. The molecule has 1 rings (SSSR count). The molecule has 0 unspecified atom stereocenters. The lowest BCUT2D eigenvalue weighted by Gasteiger charge is -2.30. The van der Waals surface area contributed by atoms with Crippen molar-refractivity contribution in [1.29, 1.82) is 0 Å². The first kappa shape index (κ1) is 14.4. The molecule has 1 heterocycles. The van der Waals surface area contributed by atoms with Gasteiger partial charge < -0.3 is 10.0 Å². The average molecular weight is 253 g/mol. The summed E-state index contributed by atoms with van der Waals surface area (Å²) in [5.41, 5.74) is -0.0211. The maximum Gasteiger partial charge on any atom is 0.287 e. The molecular weight excluding hydrogens is 234 g/mol. The Morgan fingerprint density at radius 2 is 2.11 bits per heavy atom. The third-order valence-corrected chi connectivity index (χ3v) is 2.96. The minimum atomic E-state index is -0.468. The summed E-state index contributed by atoms with van der Waals surface area (Å²) in [4.78, 5) is 16.2. The second-order valence-corrected chi connectivity index (χ2v) is 4.02. The van der Waals surface area contributed by atoms with Gasteiger partial charge in [-0.05, 0) is 18.9 Å². The Morgan fingerprint density at radius 3 is 2.50 bits per heavy atom. The van der Waals surface area contributed by atoms with Crippen molar-refractivity contribution in [2.24, 2.45) is 0 Å². The van der Waals surface area contributed by atoms with Crippen molar-refractivity contribution in [3.05, 3.63) is 28.4 Å². The number of anilines is 1. The van der Waals surface area contributed by atoms with Crippen molar-refractivity contribution in [3.63, 3.8) is 0 Å². The van der Waals surface area contributed by atoms with Crippen molar-refractivity contribution in [1.82, 2.24) is 4.98 Å². The molecule has 0 fully saturated rings. The number of aliphatic hydroxyl groups excluding tert-OH is 1. The molecule has 1 aromatic rings. The molecule has 1 aromatic heterocycles. The van der Waals surface area contributed by atoms with E-state index in [4.69, 9.17) is 5.11 Å². The van der Waals surface area contributed by atoms with Crippen molar-refractivity contribution >= 4 is 11.5 Å². The molecular formula is C12H19N3O3. The zero-order chi connectivity index (χ0) is 13.5. The summed E-state index contributed by atoms with van der Waals surface area (Å²) in [5.74, 6) is 0.670. The van der Waals surface area contributed by atoms with Crippen LogP contribution >= 0.6 is 0 Å². The molecule has 0 spiro atoms. The van der Waals surface area contributed by atoms with Crippen LogP contribution in [0.1, 0.15) is 26.7 Å². The third-order valence-electron chi connectivity index (χ3n) is 2.96. The SMILES string of the molecule is CCC(CC)N(CCO)c1ccc([N+](=O)[O-])cn1. The van der Waals surface area contributed by atoms with Crippen molar-refractivity contribution in [2.45, 2.75) is 32.7 Å². The lowest BCUT2D eigenvalue weighted by molar-refractivity contribution is -0.385. The number of pyridine rings is 1. The summed E-state index contributed by atoms with van der Waals surface area (Å²) < 4.78 is 0. The third kappa shape index (κ3) is 3.40. The molecule has 0 amide bonds. The molecule has 0 bridgehead atoms. The van der Waals surface area contributed by atoms with Gasteiger partial charge >= 0.3 is 0 Å². The highest BCUT2D eigenvalue weighted by Crippen LogP contribution is 2.20. The Morgan fingerprint density at radius 1 is 1.44 bits per heavy atom. The number of hydrogen-bond donors (Lipinski definition) is 1. The second kappa shape index (κ2) is 6.90. The fraction of sp³-hybridized carbons (Fsp3) is 0.583. The fourth-order valence-corrected chi connectivity index (χ4v) is 1.98. The first-order valence-electron chi connectivity index (χ1n) is 6.11. The molecule has 0 radical (unpaired) electrons. The van der Waals surface area contributed by atoms with Gasteiger partial charge in [0.2, 0.25) is 0 Å². The van der Waals surface area contributed by atoms with E-state index in [0.717, 1.165) is 12.8 Å². The molecule has 18 heavy (non-hydrogen) atoms. The van der Waals surface area contributed by atoms with Crippen molar-refractivity contribution in [2.75, 3.05) is 18.1 Å². The first-order chi connectivity index (χ1) is 8.63. The number of hydrogen-bond acceptors (Lipinski definition) is 5. The summed E-state index contributed by atoms with van der Waals surface area (Å²) in [7, 11) is 0. The van der Waals surface area contributed by atoms with E-state index in [-0.39, 0.29) is 18.3 Å². The van der Waals surface area contributed by atoms with Crippen LogP contribution < -0.4 is 4.90 Å². The Bertz CT molecular complexity index is 377. The number of nitrogens with zero attached hydrogens (tertiary/aromatic N) is 3. The molecule has 1 N–H and O–H groups in total. The normalized spacial score (nSPS) is 10.7. The van der Waals surface area contributed by atoms with E-state index in [0.29, 0.717) is 12.4 Å². The van der Waals surface area contributed by atoms with Crippen LogP contribution in [0.2, 0.25) is 0 Å². The molecule has 0 aliphatic carbocycles. The maximum absolute atomic E-state index is 10.6. The number of rotatable bonds is 7. The van der Waals surface area contributed by atoms with Crippen LogP contribution in [0.5, 0.6) is 0 Å². The summed E-state index contributed by atoms with van der Waals surface area (Å²) in [6.45, 7) is 4.67. The van der Waals surface area contributed by atoms with Gasteiger partial charge in [-0.15, -0.1) is 0 Å². The maximum atomic E-state index is 10.6. The van der Waals surface area contributed by atoms with E-state index in [1.807, 2.05) is 4.90 Å². The molecule has 0 aliphatic heterocycles. The van der Waals surface area contributed by atoms with Gasteiger partial charge in [-0.2, -0.15) is 0 Å². The van der Waals surface area contributed by atoms with Gasteiger partial charge in [-0.1, -0.05) is 13.8 Å². The zero-order valence-electron chi connectivity index (χ0n) is 10.7. The summed E-state index contributed by atoms with van der Waals surface area (Å²) in [6, 6.07) is 3.35. The minimum absolute atomic E-state index is 0.0211. The van der Waals surface area contributed by atoms with Gasteiger partial charge in [0.25, 0.3) is 5.69 Å². The van der Waals surface area contributed by atoms with E-state index in [2.05, 4.69) is 18.8 Å². The predicted octanol–water partition coefficient (Wildman–Crippen LogP) is 1.98. The molecule has 6 nitrogen and oxygen atoms in total. The van der Waals surface area contributed by atoms with E-state index >= 15 is 0 Å². The highest BCUT2D eigenvalue weighted by Gasteiger charge is 2.17. The standard InChI is InChI=1S/C12H19N3O3/c1-3-10(4-2)14(7-8-16)12-6-5-11(9-13-12)15(17)18/h5-6,9-10,16H,3-4,7-8H2,1-2H3. The lowest BCUT2D eigenvalue weighted by Crippen LogP contribution is -2.37. The smallest absolute Gasteiger partial charge is 0.287 e. The van der Waals surface area contributed by atoms with E-state index in [9.17, 15) is 10.1 Å². The Hall–Kier alpha value is -1.69. The van der Waals surface area contributed by atoms with E-state index < -0.39 is 4.92 Å². The summed E-state index contributed by atoms with van der Waals surface area (Å²) >= 11 is 0. The molecule has 6 heteroatoms. The van der Waals surface area contributed by atoms with E-state index in [1.54, 1.807) is 6.07 Å². The number of aromatic nitrogens is 1. The van der Waals surface area contributed by atoms with Crippen LogP contribution in [0.15, 0.2) is 18.3 Å². The topological polar surface area (TPSA) is 79.5 Å². The van der Waals surface area contributed by atoms with Crippen LogP contribution in [0.4, 0.5) is 11.5 Å². The van der Waals surface area contributed by atoms with Gasteiger partial charge in [0.15, 0.2) is 0 Å². The van der Waals surface area contributed by atoms with Crippen LogP contribution in [0.3, 0.4) is 0 Å². The fourth-order valence-electron chi connectivity index (χ4n) is 1.98. The Labute approximate surface area is 106 Å². The van der Waals surface area contributed by atoms with Gasteiger partial charge in [0.1, 0.15) is 12.0 Å². The van der Waals surface area contributed by atoms with Crippen molar-refractivity contribution < 1.29 is 10.0 Å². The van der Waals surface area contributed by atoms with E-state index in [1.165, 1.54) is 12.3 Å². The average Bonchev–Trinajstić information content (AvgIpc) is 2.39. The van der Waals surface area contributed by atoms with Crippen LogP contribution in [-0.4, -0.2) is 34.2 Å². The Balaban J connectivity index is 2.94. The molecule has 0 atom stereocenters. The van der Waals surface area contributed by atoms with Crippen LogP contribution in [-0.2, 0) is 0 Å². The highest BCUT2D eigenvalue weighted by molar-refractivity contribution is 5.43. The van der Waals surface area contributed by atoms with Gasteiger partial charge in [0.05, 0.1) is 11.5 Å². The van der Waals surface area contributed by atoms with Crippen molar-refractivity contribution in [3.8, 4) is 0 Å². The number of nitro groups is 1. The predicted molar refractivity (Wildman–Crippen MR) is 69.7 cm³/mol. The monoisotopic (exact) mass is 253 g/mol. The van der Waals surface area contributed by atoms with Crippen LogP contribution in [0.25, 0.3) is 0 Å². The largest absolute Gasteiger partial charge is 0.395 e. The van der Waals surface area contributed by atoms with Crippen LogP contribution in [0, 0.1) is 10.1 Å². The van der Waals surface area contributed by atoms with Gasteiger partial charge in [-0.3, -0.25) is 10.1 Å². The van der Waals surface area contributed by atoms with Gasteiger partial charge in [0, 0.05) is 18.7 Å². The minimum Gasteiger partial charge on any atom is -0.395 e. The molecule has 0 saturated heterocycles.